The van der Waals surface area contributed by atoms with E-state index in [4.69, 9.17) is 9.47 Å². The molecule has 0 aromatic carbocycles. The van der Waals surface area contributed by atoms with E-state index in [-0.39, 0.29) is 5.54 Å². The monoisotopic (exact) mass is 366 g/mol. The van der Waals surface area contributed by atoms with Crippen molar-refractivity contribution in [2.45, 2.75) is 77.3 Å². The topological polar surface area (TPSA) is 42.5 Å². The number of hydrogen-bond acceptors (Lipinski definition) is 4. The summed E-state index contributed by atoms with van der Waals surface area (Å²) >= 11 is 0. The van der Waals surface area contributed by atoms with E-state index in [1.165, 1.54) is 45.1 Å². The fourth-order valence-electron chi connectivity index (χ4n) is 5.07. The van der Waals surface area contributed by atoms with Crippen LogP contribution in [0.5, 0.6) is 0 Å². The summed E-state index contributed by atoms with van der Waals surface area (Å²) in [5, 5.41) is 7.85. The molecule has 2 saturated heterocycles. The van der Waals surface area contributed by atoms with E-state index in [1.807, 2.05) is 0 Å². The lowest BCUT2D eigenvalue weighted by Gasteiger charge is -2.47. The Bertz CT molecular complexity index is 428. The van der Waals surface area contributed by atoms with Crippen LogP contribution in [0.15, 0.2) is 0 Å². The largest absolute Gasteiger partial charge is 0.381 e. The highest BCUT2D eigenvalue weighted by atomic mass is 16.5. The molecule has 1 saturated carbocycles. The van der Waals surface area contributed by atoms with E-state index in [0.29, 0.717) is 11.5 Å². The Balaban J connectivity index is 1.38. The van der Waals surface area contributed by atoms with Crippen LogP contribution in [0.1, 0.15) is 66.2 Å². The Hall–Kier alpha value is -0.160. The number of nitrogens with one attached hydrogen (secondary N) is 2. The highest BCUT2D eigenvalue weighted by Crippen LogP contribution is 2.38. The van der Waals surface area contributed by atoms with Crippen LogP contribution in [0.3, 0.4) is 0 Å². The lowest BCUT2D eigenvalue weighted by Crippen LogP contribution is -2.62. The molecule has 1 aliphatic carbocycles. The highest BCUT2D eigenvalue weighted by molar-refractivity contribution is 4.99. The molecule has 0 radical (unpaired) electrons. The van der Waals surface area contributed by atoms with Crippen LogP contribution >= 0.6 is 0 Å². The predicted octanol–water partition coefficient (Wildman–Crippen LogP) is 3.60. The zero-order chi connectivity index (χ0) is 18.6. The van der Waals surface area contributed by atoms with Gasteiger partial charge in [-0.05, 0) is 69.4 Å². The van der Waals surface area contributed by atoms with Crippen molar-refractivity contribution in [3.05, 3.63) is 0 Å². The zero-order valence-corrected chi connectivity index (χ0v) is 17.6. The summed E-state index contributed by atoms with van der Waals surface area (Å²) < 4.78 is 10.9. The molecule has 2 aliphatic heterocycles. The molecular weight excluding hydrogens is 324 g/mol. The summed E-state index contributed by atoms with van der Waals surface area (Å²) in [5.41, 5.74) is 0.661. The van der Waals surface area contributed by atoms with E-state index in [1.54, 1.807) is 0 Å². The Labute approximate surface area is 161 Å². The molecular formula is C22H42N2O2. The third kappa shape index (κ3) is 5.43. The molecule has 0 spiro atoms. The van der Waals surface area contributed by atoms with Crippen molar-refractivity contribution in [2.24, 2.45) is 23.7 Å². The van der Waals surface area contributed by atoms with Crippen LogP contribution in [0.25, 0.3) is 0 Å². The minimum Gasteiger partial charge on any atom is -0.381 e. The van der Waals surface area contributed by atoms with Crippen LogP contribution < -0.4 is 10.6 Å². The summed E-state index contributed by atoms with van der Waals surface area (Å²) in [4.78, 5) is 0. The number of hydrogen-bond donors (Lipinski definition) is 2. The normalized spacial score (nSPS) is 26.7. The first kappa shape index (κ1) is 20.6. The van der Waals surface area contributed by atoms with Gasteiger partial charge < -0.3 is 20.1 Å². The second-order valence-corrected chi connectivity index (χ2v) is 10.3. The third-order valence-corrected chi connectivity index (χ3v) is 6.70. The van der Waals surface area contributed by atoms with Crippen LogP contribution in [0, 0.1) is 23.7 Å². The smallest absolute Gasteiger partial charge is 0.0672 e. The lowest BCUT2D eigenvalue weighted by molar-refractivity contribution is -0.0852. The summed E-state index contributed by atoms with van der Waals surface area (Å²) in [5.74, 6) is 3.01. The van der Waals surface area contributed by atoms with E-state index in [2.05, 4.69) is 38.3 Å². The van der Waals surface area contributed by atoms with Gasteiger partial charge in [-0.15, -0.1) is 0 Å². The highest BCUT2D eigenvalue weighted by Gasteiger charge is 2.41. The molecule has 0 aromatic rings. The molecule has 3 aliphatic rings. The van der Waals surface area contributed by atoms with E-state index < -0.39 is 0 Å². The van der Waals surface area contributed by atoms with Crippen LogP contribution in [0.2, 0.25) is 0 Å². The molecule has 2 N–H and O–H groups in total. The molecule has 2 atom stereocenters. The molecule has 26 heavy (non-hydrogen) atoms. The maximum atomic E-state index is 5.53. The van der Waals surface area contributed by atoms with Crippen molar-refractivity contribution >= 4 is 0 Å². The van der Waals surface area contributed by atoms with E-state index in [0.717, 1.165) is 50.7 Å². The SMILES string of the molecule is CC(C)CC1(NC[C@H](C)CC2(NC[C@H](C)CC3COC3)CCC2)COC1. The fourth-order valence-corrected chi connectivity index (χ4v) is 5.07. The van der Waals surface area contributed by atoms with Gasteiger partial charge in [0.25, 0.3) is 0 Å². The molecule has 4 nitrogen and oxygen atoms in total. The molecule has 4 heteroatoms. The minimum absolute atomic E-state index is 0.252. The van der Waals surface area contributed by atoms with Crippen LogP contribution in [0.4, 0.5) is 0 Å². The molecule has 152 valence electrons. The van der Waals surface area contributed by atoms with Crippen molar-refractivity contribution in [1.29, 1.82) is 0 Å². The standard InChI is InChI=1S/C22H42N2O2/c1-17(2)9-22(15-26-16-22)24-12-19(4)10-21(6-5-7-21)23-11-18(3)8-20-13-25-14-20/h17-20,23-24H,5-16H2,1-4H3/t18-,19-/m1/s1. The number of ether oxygens (including phenoxy) is 2. The minimum atomic E-state index is 0.252. The van der Waals surface area contributed by atoms with Crippen molar-refractivity contribution in [2.75, 3.05) is 39.5 Å². The molecule has 3 rings (SSSR count). The summed E-state index contributed by atoms with van der Waals surface area (Å²) in [7, 11) is 0. The van der Waals surface area contributed by atoms with Gasteiger partial charge in [0.2, 0.25) is 0 Å². The van der Waals surface area contributed by atoms with Crippen molar-refractivity contribution in [3.63, 3.8) is 0 Å². The molecule has 2 heterocycles. The van der Waals surface area contributed by atoms with Gasteiger partial charge >= 0.3 is 0 Å². The van der Waals surface area contributed by atoms with Gasteiger partial charge in [-0.1, -0.05) is 27.7 Å². The maximum Gasteiger partial charge on any atom is 0.0672 e. The van der Waals surface area contributed by atoms with Crippen molar-refractivity contribution in [3.8, 4) is 0 Å². The average molecular weight is 367 g/mol. The zero-order valence-electron chi connectivity index (χ0n) is 17.6. The van der Waals surface area contributed by atoms with E-state index in [9.17, 15) is 0 Å². The fraction of sp³-hybridized carbons (Fsp3) is 1.00. The van der Waals surface area contributed by atoms with Gasteiger partial charge in [0.15, 0.2) is 0 Å². The average Bonchev–Trinajstić information content (AvgIpc) is 2.47. The summed E-state index contributed by atoms with van der Waals surface area (Å²) in [6.45, 7) is 15.5. The van der Waals surface area contributed by atoms with Gasteiger partial charge in [0, 0.05) is 11.5 Å². The predicted molar refractivity (Wildman–Crippen MR) is 107 cm³/mol. The quantitative estimate of drug-likeness (QED) is 0.554. The molecule has 0 amide bonds. The first-order valence-corrected chi connectivity index (χ1v) is 11.1. The van der Waals surface area contributed by atoms with Gasteiger partial charge in [-0.3, -0.25) is 0 Å². The maximum absolute atomic E-state index is 5.53. The van der Waals surface area contributed by atoms with E-state index >= 15 is 0 Å². The Morgan fingerprint density at radius 2 is 1.50 bits per heavy atom. The molecule has 0 aromatic heterocycles. The van der Waals surface area contributed by atoms with Crippen molar-refractivity contribution in [1.82, 2.24) is 10.6 Å². The molecule has 0 unspecified atom stereocenters. The second-order valence-electron chi connectivity index (χ2n) is 10.3. The first-order valence-electron chi connectivity index (χ1n) is 11.1. The second kappa shape index (κ2) is 8.89. The lowest BCUT2D eigenvalue weighted by atomic mass is 9.71. The summed E-state index contributed by atoms with van der Waals surface area (Å²) in [6, 6.07) is 0. The summed E-state index contributed by atoms with van der Waals surface area (Å²) in [6.07, 6.45) is 7.96. The Morgan fingerprint density at radius 1 is 0.846 bits per heavy atom. The van der Waals surface area contributed by atoms with Gasteiger partial charge in [-0.25, -0.2) is 0 Å². The third-order valence-electron chi connectivity index (χ3n) is 6.70. The first-order chi connectivity index (χ1) is 12.4. The molecule has 3 fully saturated rings. The van der Waals surface area contributed by atoms with Crippen LogP contribution in [-0.2, 0) is 9.47 Å². The number of rotatable bonds is 12. The van der Waals surface area contributed by atoms with Gasteiger partial charge in [0.1, 0.15) is 0 Å². The Morgan fingerprint density at radius 3 is 1.96 bits per heavy atom. The molecule has 0 bridgehead atoms. The van der Waals surface area contributed by atoms with Crippen LogP contribution in [-0.4, -0.2) is 50.6 Å². The van der Waals surface area contributed by atoms with Crippen molar-refractivity contribution < 1.29 is 9.47 Å². The Kier molecular flexibility index (Phi) is 7.04. The van der Waals surface area contributed by atoms with Gasteiger partial charge in [0.05, 0.1) is 32.0 Å². The van der Waals surface area contributed by atoms with Gasteiger partial charge in [-0.2, -0.15) is 0 Å².